The molecular weight excluding hydrogens is 252 g/mol. The minimum absolute atomic E-state index is 0.0349. The van der Waals surface area contributed by atoms with Crippen LogP contribution >= 0.6 is 0 Å². The van der Waals surface area contributed by atoms with Crippen molar-refractivity contribution in [1.29, 1.82) is 0 Å². The molecule has 0 saturated heterocycles. The summed E-state index contributed by atoms with van der Waals surface area (Å²) in [5.74, 6) is 0.626. The quantitative estimate of drug-likeness (QED) is 0.727. The third kappa shape index (κ3) is 3.73. The number of carbonyl (C=O) groups is 1. The van der Waals surface area contributed by atoms with Crippen molar-refractivity contribution in [2.45, 2.75) is 70.5 Å². The van der Waals surface area contributed by atoms with E-state index in [0.29, 0.717) is 24.6 Å². The zero-order chi connectivity index (χ0) is 14.8. The molecule has 0 bridgehead atoms. The summed E-state index contributed by atoms with van der Waals surface area (Å²) in [5, 5.41) is 3.59. The van der Waals surface area contributed by atoms with Gasteiger partial charge < -0.3 is 9.64 Å². The largest absolute Gasteiger partial charge is 0.465 e. The lowest BCUT2D eigenvalue weighted by atomic mass is 9.96. The van der Waals surface area contributed by atoms with E-state index < -0.39 is 5.54 Å². The van der Waals surface area contributed by atoms with Gasteiger partial charge in [-0.05, 0) is 52.0 Å². The van der Waals surface area contributed by atoms with Crippen LogP contribution in [0, 0.1) is 5.92 Å². The molecule has 0 amide bonds. The Labute approximate surface area is 123 Å². The van der Waals surface area contributed by atoms with Gasteiger partial charge in [-0.1, -0.05) is 13.8 Å². The van der Waals surface area contributed by atoms with Crippen LogP contribution in [0.25, 0.3) is 0 Å². The second-order valence-electron chi connectivity index (χ2n) is 6.95. The third-order valence-corrected chi connectivity index (χ3v) is 4.49. The summed E-state index contributed by atoms with van der Waals surface area (Å²) in [6, 6.07) is 1.03. The molecule has 4 heteroatoms. The van der Waals surface area contributed by atoms with Gasteiger partial charge >= 0.3 is 5.97 Å². The number of nitrogens with one attached hydrogen (secondary N) is 1. The van der Waals surface area contributed by atoms with Crippen LogP contribution in [-0.2, 0) is 9.53 Å². The summed E-state index contributed by atoms with van der Waals surface area (Å²) < 4.78 is 5.35. The molecule has 116 valence electrons. The van der Waals surface area contributed by atoms with Crippen molar-refractivity contribution in [3.63, 3.8) is 0 Å². The van der Waals surface area contributed by atoms with Crippen molar-refractivity contribution in [1.82, 2.24) is 10.2 Å². The fourth-order valence-corrected chi connectivity index (χ4v) is 3.38. The molecule has 0 aromatic rings. The maximum Gasteiger partial charge on any atom is 0.326 e. The highest BCUT2D eigenvalue weighted by atomic mass is 16.5. The van der Waals surface area contributed by atoms with Gasteiger partial charge in [0.15, 0.2) is 0 Å². The van der Waals surface area contributed by atoms with Gasteiger partial charge in [0.2, 0.25) is 0 Å². The number of esters is 1. The number of hydrogen-bond acceptors (Lipinski definition) is 4. The molecule has 0 radical (unpaired) electrons. The average Bonchev–Trinajstić information content (AvgIpc) is 3.05. The van der Waals surface area contributed by atoms with Crippen LogP contribution in [0.3, 0.4) is 0 Å². The van der Waals surface area contributed by atoms with Crippen LogP contribution < -0.4 is 5.32 Å². The van der Waals surface area contributed by atoms with Crippen LogP contribution in [0.15, 0.2) is 0 Å². The molecular formula is C16H30N2O2. The lowest BCUT2D eigenvalue weighted by molar-refractivity contribution is -0.151. The summed E-state index contributed by atoms with van der Waals surface area (Å²) in [7, 11) is 2.18. The maximum absolute atomic E-state index is 12.4. The van der Waals surface area contributed by atoms with Gasteiger partial charge in [0.25, 0.3) is 0 Å². The molecule has 0 aromatic carbocycles. The van der Waals surface area contributed by atoms with E-state index >= 15 is 0 Å². The average molecular weight is 282 g/mol. The first-order valence-electron chi connectivity index (χ1n) is 8.12. The van der Waals surface area contributed by atoms with Gasteiger partial charge in [0.1, 0.15) is 5.54 Å². The summed E-state index contributed by atoms with van der Waals surface area (Å²) in [4.78, 5) is 14.8. The Hall–Kier alpha value is -0.610. The molecule has 0 aliphatic heterocycles. The first-order valence-corrected chi connectivity index (χ1v) is 8.12. The van der Waals surface area contributed by atoms with Crippen molar-refractivity contribution >= 4 is 5.97 Å². The van der Waals surface area contributed by atoms with E-state index in [-0.39, 0.29) is 5.97 Å². The fourth-order valence-electron chi connectivity index (χ4n) is 3.38. The first kappa shape index (κ1) is 15.8. The minimum atomic E-state index is -0.424. The van der Waals surface area contributed by atoms with E-state index in [0.717, 1.165) is 25.8 Å². The van der Waals surface area contributed by atoms with Gasteiger partial charge in [-0.3, -0.25) is 10.1 Å². The van der Waals surface area contributed by atoms with Gasteiger partial charge in [-0.25, -0.2) is 0 Å². The standard InChI is InChI=1S/C16H30N2O2/c1-5-20-15(19)16(17-13-6-7-13)9-8-14(10-16)18(4)11-12(2)3/h12-14,17H,5-11H2,1-4H3. The first-order chi connectivity index (χ1) is 9.47. The Bertz CT molecular complexity index is 341. The monoisotopic (exact) mass is 282 g/mol. The van der Waals surface area contributed by atoms with E-state index in [1.54, 1.807) is 0 Å². The van der Waals surface area contributed by atoms with Crippen LogP contribution in [-0.4, -0.2) is 48.7 Å². The molecule has 2 aliphatic carbocycles. The molecule has 0 aromatic heterocycles. The molecule has 20 heavy (non-hydrogen) atoms. The zero-order valence-corrected chi connectivity index (χ0v) is 13.4. The van der Waals surface area contributed by atoms with Crippen LogP contribution in [0.1, 0.15) is 52.9 Å². The fraction of sp³-hybridized carbons (Fsp3) is 0.938. The van der Waals surface area contributed by atoms with Crippen molar-refractivity contribution in [3.8, 4) is 0 Å². The highest BCUT2D eigenvalue weighted by Gasteiger charge is 2.49. The van der Waals surface area contributed by atoms with E-state index in [2.05, 4.69) is 31.1 Å². The molecule has 2 aliphatic rings. The van der Waals surface area contributed by atoms with Gasteiger partial charge in [-0.15, -0.1) is 0 Å². The summed E-state index contributed by atoms with van der Waals surface area (Å²) in [6.07, 6.45) is 5.30. The van der Waals surface area contributed by atoms with Gasteiger partial charge in [0.05, 0.1) is 6.61 Å². The van der Waals surface area contributed by atoms with Gasteiger partial charge in [0, 0.05) is 18.6 Å². The summed E-state index contributed by atoms with van der Waals surface area (Å²) >= 11 is 0. The Morgan fingerprint density at radius 1 is 1.40 bits per heavy atom. The third-order valence-electron chi connectivity index (χ3n) is 4.49. The van der Waals surface area contributed by atoms with Crippen molar-refractivity contribution < 1.29 is 9.53 Å². The molecule has 0 spiro atoms. The van der Waals surface area contributed by atoms with Crippen LogP contribution in [0.5, 0.6) is 0 Å². The van der Waals surface area contributed by atoms with Crippen LogP contribution in [0.2, 0.25) is 0 Å². The molecule has 4 nitrogen and oxygen atoms in total. The minimum Gasteiger partial charge on any atom is -0.465 e. The SMILES string of the molecule is CCOC(=O)C1(NC2CC2)CCC(N(C)CC(C)C)C1. The molecule has 2 rings (SSSR count). The van der Waals surface area contributed by atoms with E-state index in [1.807, 2.05) is 6.92 Å². The number of nitrogens with zero attached hydrogens (tertiary/aromatic N) is 1. The second kappa shape index (κ2) is 6.44. The van der Waals surface area contributed by atoms with Crippen molar-refractivity contribution in [2.24, 2.45) is 5.92 Å². The Kier molecular flexibility index (Phi) is 5.08. The molecule has 2 atom stereocenters. The molecule has 2 saturated carbocycles. The topological polar surface area (TPSA) is 41.6 Å². The summed E-state index contributed by atoms with van der Waals surface area (Å²) in [5.41, 5.74) is -0.424. The molecule has 0 heterocycles. The number of rotatable bonds is 7. The summed E-state index contributed by atoms with van der Waals surface area (Å²) in [6.45, 7) is 7.94. The molecule has 2 unspecified atom stereocenters. The highest BCUT2D eigenvalue weighted by molar-refractivity contribution is 5.81. The number of carbonyl (C=O) groups excluding carboxylic acids is 1. The Balaban J connectivity index is 2.00. The number of ether oxygens (including phenoxy) is 1. The normalized spacial score (nSPS) is 30.2. The number of hydrogen-bond donors (Lipinski definition) is 1. The van der Waals surface area contributed by atoms with Gasteiger partial charge in [-0.2, -0.15) is 0 Å². The smallest absolute Gasteiger partial charge is 0.326 e. The van der Waals surface area contributed by atoms with E-state index in [1.165, 1.54) is 12.8 Å². The lowest BCUT2D eigenvalue weighted by Crippen LogP contribution is -2.53. The van der Waals surface area contributed by atoms with E-state index in [9.17, 15) is 4.79 Å². The predicted octanol–water partition coefficient (Wildman–Crippen LogP) is 2.18. The highest BCUT2D eigenvalue weighted by Crippen LogP contribution is 2.37. The second-order valence-corrected chi connectivity index (χ2v) is 6.95. The van der Waals surface area contributed by atoms with Crippen molar-refractivity contribution in [2.75, 3.05) is 20.2 Å². The van der Waals surface area contributed by atoms with Crippen LogP contribution in [0.4, 0.5) is 0 Å². The zero-order valence-electron chi connectivity index (χ0n) is 13.4. The Morgan fingerprint density at radius 2 is 2.10 bits per heavy atom. The molecule has 1 N–H and O–H groups in total. The van der Waals surface area contributed by atoms with E-state index in [4.69, 9.17) is 4.74 Å². The van der Waals surface area contributed by atoms with Crippen molar-refractivity contribution in [3.05, 3.63) is 0 Å². The lowest BCUT2D eigenvalue weighted by Gasteiger charge is -2.31. The maximum atomic E-state index is 12.4. The predicted molar refractivity (Wildman–Crippen MR) is 80.6 cm³/mol. The Morgan fingerprint density at radius 3 is 2.65 bits per heavy atom. The molecule has 2 fully saturated rings.